The van der Waals surface area contributed by atoms with Crippen molar-refractivity contribution < 1.29 is 9.53 Å². The van der Waals surface area contributed by atoms with Crippen LogP contribution in [0.5, 0.6) is 5.75 Å². The quantitative estimate of drug-likeness (QED) is 0.647. The summed E-state index contributed by atoms with van der Waals surface area (Å²) in [5.74, 6) is 0.486. The van der Waals surface area contributed by atoms with Gasteiger partial charge in [-0.1, -0.05) is 66.7 Å². The number of anilines is 1. The number of carbonyl (C=O) groups excluding carboxylic acids is 1. The molecule has 0 bridgehead atoms. The van der Waals surface area contributed by atoms with Gasteiger partial charge in [0.1, 0.15) is 5.75 Å². The van der Waals surface area contributed by atoms with Gasteiger partial charge in [-0.3, -0.25) is 15.6 Å². The predicted octanol–water partition coefficient (Wildman–Crippen LogP) is 3.80. The molecule has 0 saturated heterocycles. The lowest BCUT2D eigenvalue weighted by Crippen LogP contribution is -2.33. The summed E-state index contributed by atoms with van der Waals surface area (Å²) in [6.45, 7) is -0.0500. The Morgan fingerprint density at radius 2 is 1.44 bits per heavy atom. The SMILES string of the molecule is O=C(COc1ccccc1Cc1ccccc1)NNc1ccccc1. The number of para-hydroxylation sites is 2. The van der Waals surface area contributed by atoms with E-state index in [4.69, 9.17) is 4.74 Å². The molecule has 0 radical (unpaired) electrons. The minimum atomic E-state index is -0.238. The monoisotopic (exact) mass is 332 g/mol. The van der Waals surface area contributed by atoms with E-state index < -0.39 is 0 Å². The van der Waals surface area contributed by atoms with Gasteiger partial charge in [0.05, 0.1) is 5.69 Å². The molecule has 3 aromatic rings. The smallest absolute Gasteiger partial charge is 0.276 e. The summed E-state index contributed by atoms with van der Waals surface area (Å²) >= 11 is 0. The maximum Gasteiger partial charge on any atom is 0.276 e. The average molecular weight is 332 g/mol. The van der Waals surface area contributed by atoms with E-state index in [9.17, 15) is 4.79 Å². The van der Waals surface area contributed by atoms with Gasteiger partial charge < -0.3 is 4.74 Å². The highest BCUT2D eigenvalue weighted by Crippen LogP contribution is 2.21. The highest BCUT2D eigenvalue weighted by atomic mass is 16.5. The average Bonchev–Trinajstić information content (AvgIpc) is 2.67. The third kappa shape index (κ3) is 5.11. The molecule has 0 unspecified atom stereocenters. The Morgan fingerprint density at radius 1 is 0.800 bits per heavy atom. The molecule has 0 aliphatic rings. The molecule has 3 aromatic carbocycles. The van der Waals surface area contributed by atoms with Gasteiger partial charge in [-0.25, -0.2) is 0 Å². The summed E-state index contributed by atoms with van der Waals surface area (Å²) in [5, 5.41) is 0. The maximum atomic E-state index is 12.0. The van der Waals surface area contributed by atoms with Crippen LogP contribution in [-0.2, 0) is 11.2 Å². The lowest BCUT2D eigenvalue weighted by Gasteiger charge is -2.12. The first kappa shape index (κ1) is 16.6. The fraction of sp³-hybridized carbons (Fsp3) is 0.0952. The van der Waals surface area contributed by atoms with E-state index in [1.807, 2.05) is 72.8 Å². The third-order valence-corrected chi connectivity index (χ3v) is 3.69. The van der Waals surface area contributed by atoms with Gasteiger partial charge in [0, 0.05) is 6.42 Å². The van der Waals surface area contributed by atoms with E-state index in [1.165, 1.54) is 5.56 Å². The Balaban J connectivity index is 1.55. The van der Waals surface area contributed by atoms with Gasteiger partial charge in [-0.05, 0) is 29.3 Å². The van der Waals surface area contributed by atoms with Crippen molar-refractivity contribution in [1.82, 2.24) is 5.43 Å². The first-order valence-electron chi connectivity index (χ1n) is 8.16. The Bertz CT molecular complexity index is 804. The largest absolute Gasteiger partial charge is 0.483 e. The molecule has 0 heterocycles. The van der Waals surface area contributed by atoms with Gasteiger partial charge in [0.15, 0.2) is 6.61 Å². The van der Waals surface area contributed by atoms with E-state index in [0.29, 0.717) is 0 Å². The van der Waals surface area contributed by atoms with Gasteiger partial charge in [0.25, 0.3) is 5.91 Å². The van der Waals surface area contributed by atoms with Crippen molar-refractivity contribution in [1.29, 1.82) is 0 Å². The predicted molar refractivity (Wildman–Crippen MR) is 99.4 cm³/mol. The molecular formula is C21H20N2O2. The molecule has 3 rings (SSSR count). The zero-order valence-corrected chi connectivity index (χ0v) is 13.8. The standard InChI is InChI=1S/C21H20N2O2/c24-21(23-22-19-12-5-2-6-13-19)16-25-20-14-8-7-11-18(20)15-17-9-3-1-4-10-17/h1-14,22H,15-16H2,(H,23,24). The molecular weight excluding hydrogens is 312 g/mol. The van der Waals surface area contributed by atoms with Crippen LogP contribution < -0.4 is 15.6 Å². The van der Waals surface area contributed by atoms with Gasteiger partial charge in [0.2, 0.25) is 0 Å². The molecule has 0 aromatic heterocycles. The van der Waals surface area contributed by atoms with Crippen molar-refractivity contribution in [2.24, 2.45) is 0 Å². The number of amides is 1. The van der Waals surface area contributed by atoms with Crippen molar-refractivity contribution in [3.8, 4) is 5.75 Å². The summed E-state index contributed by atoms with van der Waals surface area (Å²) in [4.78, 5) is 12.0. The summed E-state index contributed by atoms with van der Waals surface area (Å²) in [6, 6.07) is 27.4. The fourth-order valence-electron chi connectivity index (χ4n) is 2.45. The summed E-state index contributed by atoms with van der Waals surface area (Å²) in [5.41, 5.74) is 8.56. The molecule has 0 aliphatic carbocycles. The third-order valence-electron chi connectivity index (χ3n) is 3.69. The molecule has 4 nitrogen and oxygen atoms in total. The summed E-state index contributed by atoms with van der Waals surface area (Å²) in [7, 11) is 0. The minimum absolute atomic E-state index is 0.0500. The number of carbonyl (C=O) groups is 1. The Labute approximate surface area is 147 Å². The van der Waals surface area contributed by atoms with Gasteiger partial charge >= 0.3 is 0 Å². The number of hydrogen-bond donors (Lipinski definition) is 2. The molecule has 1 amide bonds. The second-order valence-electron chi connectivity index (χ2n) is 5.60. The molecule has 2 N–H and O–H groups in total. The van der Waals surface area contributed by atoms with Crippen molar-refractivity contribution in [2.75, 3.05) is 12.0 Å². The van der Waals surface area contributed by atoms with E-state index in [0.717, 1.165) is 23.4 Å². The number of hydrogen-bond acceptors (Lipinski definition) is 3. The highest BCUT2D eigenvalue weighted by Gasteiger charge is 2.07. The Hall–Kier alpha value is -3.27. The van der Waals surface area contributed by atoms with Crippen LogP contribution in [-0.4, -0.2) is 12.5 Å². The number of ether oxygens (including phenoxy) is 1. The zero-order valence-electron chi connectivity index (χ0n) is 13.8. The number of nitrogens with one attached hydrogen (secondary N) is 2. The van der Waals surface area contributed by atoms with Crippen LogP contribution in [0.1, 0.15) is 11.1 Å². The molecule has 0 aliphatic heterocycles. The van der Waals surface area contributed by atoms with Crippen molar-refractivity contribution in [2.45, 2.75) is 6.42 Å². The fourth-order valence-corrected chi connectivity index (χ4v) is 2.45. The van der Waals surface area contributed by atoms with Gasteiger partial charge in [-0.15, -0.1) is 0 Å². The first-order valence-corrected chi connectivity index (χ1v) is 8.16. The van der Waals surface area contributed by atoms with E-state index >= 15 is 0 Å². The van der Waals surface area contributed by atoms with Crippen LogP contribution in [0.3, 0.4) is 0 Å². The second-order valence-corrected chi connectivity index (χ2v) is 5.60. The Kier molecular flexibility index (Phi) is 5.67. The van der Waals surface area contributed by atoms with Crippen molar-refractivity contribution >= 4 is 11.6 Å². The molecule has 25 heavy (non-hydrogen) atoms. The van der Waals surface area contributed by atoms with Crippen LogP contribution in [0.25, 0.3) is 0 Å². The molecule has 4 heteroatoms. The van der Waals surface area contributed by atoms with Crippen LogP contribution in [0.15, 0.2) is 84.9 Å². The number of benzene rings is 3. The lowest BCUT2D eigenvalue weighted by atomic mass is 10.0. The van der Waals surface area contributed by atoms with Crippen LogP contribution in [0.2, 0.25) is 0 Å². The van der Waals surface area contributed by atoms with Crippen molar-refractivity contribution in [3.63, 3.8) is 0 Å². The summed E-state index contributed by atoms with van der Waals surface area (Å²) in [6.07, 6.45) is 0.765. The van der Waals surface area contributed by atoms with Crippen molar-refractivity contribution in [3.05, 3.63) is 96.1 Å². The molecule has 0 atom stereocenters. The van der Waals surface area contributed by atoms with Crippen LogP contribution >= 0.6 is 0 Å². The minimum Gasteiger partial charge on any atom is -0.483 e. The maximum absolute atomic E-state index is 12.0. The molecule has 0 spiro atoms. The normalized spacial score (nSPS) is 10.1. The van der Waals surface area contributed by atoms with E-state index in [2.05, 4.69) is 23.0 Å². The molecule has 0 saturated carbocycles. The number of rotatable bonds is 7. The van der Waals surface area contributed by atoms with Crippen LogP contribution in [0, 0.1) is 0 Å². The lowest BCUT2D eigenvalue weighted by molar-refractivity contribution is -0.122. The van der Waals surface area contributed by atoms with E-state index in [-0.39, 0.29) is 12.5 Å². The zero-order chi connectivity index (χ0) is 17.3. The highest BCUT2D eigenvalue weighted by molar-refractivity contribution is 5.78. The first-order chi connectivity index (χ1) is 12.3. The summed E-state index contributed by atoms with van der Waals surface area (Å²) < 4.78 is 5.71. The second kappa shape index (κ2) is 8.55. The van der Waals surface area contributed by atoms with E-state index in [1.54, 1.807) is 0 Å². The number of hydrazine groups is 1. The van der Waals surface area contributed by atoms with Crippen LogP contribution in [0.4, 0.5) is 5.69 Å². The topological polar surface area (TPSA) is 50.4 Å². The molecule has 0 fully saturated rings. The van der Waals surface area contributed by atoms with Gasteiger partial charge in [-0.2, -0.15) is 0 Å². The Morgan fingerprint density at radius 3 is 2.20 bits per heavy atom. The molecule has 126 valence electrons.